The summed E-state index contributed by atoms with van der Waals surface area (Å²) < 4.78 is 5.44. The van der Waals surface area contributed by atoms with Gasteiger partial charge in [-0.1, -0.05) is 29.5 Å². The predicted molar refractivity (Wildman–Crippen MR) is 107 cm³/mol. The molecule has 0 aliphatic carbocycles. The molecular formula is C19H21N5O3S. The van der Waals surface area contributed by atoms with Gasteiger partial charge in [-0.15, -0.1) is 0 Å². The summed E-state index contributed by atoms with van der Waals surface area (Å²) in [4.78, 5) is 32.1. The molecule has 0 spiro atoms. The number of nitrogens with zero attached hydrogens (tertiary/aromatic N) is 3. The second-order valence-electron chi connectivity index (χ2n) is 7.61. The Morgan fingerprint density at radius 2 is 2.07 bits per heavy atom. The first kappa shape index (κ1) is 18.4. The summed E-state index contributed by atoms with van der Waals surface area (Å²) in [5, 5.41) is 11.1. The highest BCUT2D eigenvalue weighted by atomic mass is 32.1. The Morgan fingerprint density at radius 3 is 2.86 bits per heavy atom. The van der Waals surface area contributed by atoms with Crippen molar-refractivity contribution in [3.05, 3.63) is 40.5 Å². The van der Waals surface area contributed by atoms with E-state index in [-0.39, 0.29) is 12.0 Å². The number of carbonyl (C=O) groups excluding carboxylic acids is 2. The number of hydrogen-bond acceptors (Lipinski definition) is 6. The number of fused-ring (bicyclic) bond motifs is 2. The Labute approximate surface area is 165 Å². The van der Waals surface area contributed by atoms with E-state index in [9.17, 15) is 9.59 Å². The number of H-pyrrole nitrogens is 1. The van der Waals surface area contributed by atoms with Crippen LogP contribution < -0.4 is 5.32 Å². The van der Waals surface area contributed by atoms with Crippen molar-refractivity contribution in [2.75, 3.05) is 11.9 Å². The monoisotopic (exact) mass is 399 g/mol. The van der Waals surface area contributed by atoms with Gasteiger partial charge in [0.1, 0.15) is 5.60 Å². The summed E-state index contributed by atoms with van der Waals surface area (Å²) in [5.74, 6) is -0.312. The molecule has 2 amide bonds. The van der Waals surface area contributed by atoms with E-state index >= 15 is 0 Å². The highest BCUT2D eigenvalue weighted by Gasteiger charge is 2.28. The van der Waals surface area contributed by atoms with Gasteiger partial charge in [0.15, 0.2) is 10.8 Å². The number of nitrogens with one attached hydrogen (secondary N) is 2. The van der Waals surface area contributed by atoms with Crippen LogP contribution in [0.4, 0.5) is 9.93 Å². The number of hydrogen-bond donors (Lipinski definition) is 2. The molecule has 0 bridgehead atoms. The molecule has 9 heteroatoms. The number of carbonyl (C=O) groups is 2. The molecule has 8 nitrogen and oxygen atoms in total. The number of aromatic amines is 1. The van der Waals surface area contributed by atoms with Crippen LogP contribution in [0.3, 0.4) is 0 Å². The van der Waals surface area contributed by atoms with Crippen LogP contribution >= 0.6 is 11.3 Å². The molecule has 146 valence electrons. The standard InChI is InChI=1S/C19H21N5O3S/c1-19(2,3)27-18(26)24-9-8-13-14(10-24)28-17(20-13)21-16(25)15-11-6-4-5-7-12(11)22-23-15/h4-7H,8-10H2,1-3H3,(H,22,23)(H,20,21,25). The maximum absolute atomic E-state index is 12.6. The Kier molecular flexibility index (Phi) is 4.54. The molecule has 0 unspecified atom stereocenters. The van der Waals surface area contributed by atoms with Crippen molar-refractivity contribution in [1.82, 2.24) is 20.1 Å². The van der Waals surface area contributed by atoms with E-state index in [0.717, 1.165) is 21.5 Å². The minimum absolute atomic E-state index is 0.312. The molecule has 3 aromatic rings. The largest absolute Gasteiger partial charge is 0.444 e. The summed E-state index contributed by atoms with van der Waals surface area (Å²) in [7, 11) is 0. The highest BCUT2D eigenvalue weighted by molar-refractivity contribution is 7.15. The van der Waals surface area contributed by atoms with Crippen molar-refractivity contribution in [3.63, 3.8) is 0 Å². The van der Waals surface area contributed by atoms with Crippen LogP contribution in [0.5, 0.6) is 0 Å². The number of amides is 2. The van der Waals surface area contributed by atoms with Gasteiger partial charge in [0, 0.05) is 23.2 Å². The second kappa shape index (κ2) is 6.90. The number of ether oxygens (including phenoxy) is 1. The fourth-order valence-electron chi connectivity index (χ4n) is 3.02. The molecule has 28 heavy (non-hydrogen) atoms. The van der Waals surface area contributed by atoms with E-state index in [4.69, 9.17) is 4.74 Å². The molecule has 2 N–H and O–H groups in total. The number of para-hydroxylation sites is 1. The Hall–Kier alpha value is -2.94. The predicted octanol–water partition coefficient (Wildman–Crippen LogP) is 3.56. The van der Waals surface area contributed by atoms with Crippen LogP contribution in [0.1, 0.15) is 41.8 Å². The van der Waals surface area contributed by atoms with Crippen molar-refractivity contribution >= 4 is 39.4 Å². The molecule has 4 rings (SSSR count). The van der Waals surface area contributed by atoms with Crippen LogP contribution in [0.25, 0.3) is 10.9 Å². The van der Waals surface area contributed by atoms with E-state index in [0.29, 0.717) is 30.3 Å². The third-order valence-electron chi connectivity index (χ3n) is 4.29. The van der Waals surface area contributed by atoms with Gasteiger partial charge in [-0.2, -0.15) is 5.10 Å². The van der Waals surface area contributed by atoms with Gasteiger partial charge < -0.3 is 9.64 Å². The van der Waals surface area contributed by atoms with E-state index < -0.39 is 5.60 Å². The topological polar surface area (TPSA) is 100 Å². The lowest BCUT2D eigenvalue weighted by atomic mass is 10.2. The van der Waals surface area contributed by atoms with Gasteiger partial charge in [-0.05, 0) is 26.8 Å². The number of anilines is 1. The van der Waals surface area contributed by atoms with E-state index in [1.54, 1.807) is 4.90 Å². The second-order valence-corrected chi connectivity index (χ2v) is 8.70. The third-order valence-corrected chi connectivity index (χ3v) is 5.29. The quantitative estimate of drug-likeness (QED) is 0.686. The molecule has 2 aromatic heterocycles. The normalized spacial score (nSPS) is 14.0. The smallest absolute Gasteiger partial charge is 0.410 e. The van der Waals surface area contributed by atoms with Crippen LogP contribution in [-0.2, 0) is 17.7 Å². The number of rotatable bonds is 2. The zero-order valence-corrected chi connectivity index (χ0v) is 16.7. The Morgan fingerprint density at radius 1 is 1.29 bits per heavy atom. The fourth-order valence-corrected chi connectivity index (χ4v) is 4.04. The van der Waals surface area contributed by atoms with Crippen molar-refractivity contribution in [2.24, 2.45) is 0 Å². The van der Waals surface area contributed by atoms with E-state index in [2.05, 4.69) is 20.5 Å². The average molecular weight is 399 g/mol. The Bertz CT molecular complexity index is 1050. The number of benzene rings is 1. The van der Waals surface area contributed by atoms with Crippen molar-refractivity contribution in [3.8, 4) is 0 Å². The van der Waals surface area contributed by atoms with Gasteiger partial charge in [-0.25, -0.2) is 9.78 Å². The average Bonchev–Trinajstić information content (AvgIpc) is 3.22. The van der Waals surface area contributed by atoms with Crippen LogP contribution in [0.15, 0.2) is 24.3 Å². The molecule has 0 saturated heterocycles. The van der Waals surface area contributed by atoms with E-state index in [1.807, 2.05) is 45.0 Å². The Balaban J connectivity index is 1.47. The summed E-state index contributed by atoms with van der Waals surface area (Å²) in [5.41, 5.74) is 1.52. The van der Waals surface area contributed by atoms with Crippen molar-refractivity contribution < 1.29 is 14.3 Å². The van der Waals surface area contributed by atoms with E-state index in [1.165, 1.54) is 11.3 Å². The van der Waals surface area contributed by atoms with Crippen LogP contribution in [0.2, 0.25) is 0 Å². The van der Waals surface area contributed by atoms with Gasteiger partial charge >= 0.3 is 6.09 Å². The first-order chi connectivity index (χ1) is 13.3. The minimum atomic E-state index is -0.531. The zero-order valence-electron chi connectivity index (χ0n) is 15.9. The number of aromatic nitrogens is 3. The minimum Gasteiger partial charge on any atom is -0.444 e. The summed E-state index contributed by atoms with van der Waals surface area (Å²) in [6, 6.07) is 7.46. The molecule has 0 saturated carbocycles. The molecule has 3 heterocycles. The van der Waals surface area contributed by atoms with Crippen LogP contribution in [0, 0.1) is 0 Å². The first-order valence-electron chi connectivity index (χ1n) is 9.01. The molecule has 1 aliphatic rings. The number of thiazole rings is 1. The highest BCUT2D eigenvalue weighted by Crippen LogP contribution is 2.29. The summed E-state index contributed by atoms with van der Waals surface area (Å²) in [6.45, 7) is 6.52. The van der Waals surface area contributed by atoms with Crippen LogP contribution in [-0.4, -0.2) is 44.2 Å². The SMILES string of the molecule is CC(C)(C)OC(=O)N1CCc2nc(NC(=O)c3n[nH]c4ccccc34)sc2C1. The van der Waals surface area contributed by atoms with Crippen molar-refractivity contribution in [2.45, 2.75) is 39.3 Å². The van der Waals surface area contributed by atoms with Gasteiger partial charge in [-0.3, -0.25) is 15.2 Å². The lowest BCUT2D eigenvalue weighted by molar-refractivity contribution is 0.0225. The first-order valence-corrected chi connectivity index (χ1v) is 9.83. The molecule has 1 aliphatic heterocycles. The summed E-state index contributed by atoms with van der Waals surface area (Å²) in [6.07, 6.45) is 0.298. The fraction of sp³-hybridized carbons (Fsp3) is 0.368. The maximum Gasteiger partial charge on any atom is 0.410 e. The zero-order chi connectivity index (χ0) is 19.9. The molecule has 0 fully saturated rings. The molecule has 0 atom stereocenters. The van der Waals surface area contributed by atoms with Gasteiger partial charge in [0.2, 0.25) is 0 Å². The third kappa shape index (κ3) is 3.70. The van der Waals surface area contributed by atoms with Gasteiger partial charge in [0.05, 0.1) is 17.8 Å². The lowest BCUT2D eigenvalue weighted by Crippen LogP contribution is -2.39. The molecular weight excluding hydrogens is 378 g/mol. The van der Waals surface area contributed by atoms with Crippen molar-refractivity contribution in [1.29, 1.82) is 0 Å². The molecule has 0 radical (unpaired) electrons. The summed E-state index contributed by atoms with van der Waals surface area (Å²) >= 11 is 1.37. The maximum atomic E-state index is 12.6. The van der Waals surface area contributed by atoms with Gasteiger partial charge in [0.25, 0.3) is 5.91 Å². The lowest BCUT2D eigenvalue weighted by Gasteiger charge is -2.29. The molecule has 1 aromatic carbocycles.